The highest BCUT2D eigenvalue weighted by atomic mass is 16.5. The van der Waals surface area contributed by atoms with E-state index in [0.29, 0.717) is 24.0 Å². The van der Waals surface area contributed by atoms with Gasteiger partial charge in [-0.25, -0.2) is 0 Å². The first-order valence-corrected chi connectivity index (χ1v) is 9.93. The van der Waals surface area contributed by atoms with E-state index in [1.54, 1.807) is 7.11 Å². The Morgan fingerprint density at radius 2 is 1.88 bits per heavy atom. The summed E-state index contributed by atoms with van der Waals surface area (Å²) in [5.74, 6) is 1.36. The summed E-state index contributed by atoms with van der Waals surface area (Å²) >= 11 is 0. The monoisotopic (exact) mass is 350 g/mol. The maximum absolute atomic E-state index is 12.8. The van der Waals surface area contributed by atoms with Crippen molar-refractivity contribution in [3.8, 4) is 0 Å². The Hall–Kier alpha value is -0.670. The Kier molecular flexibility index (Phi) is 6.54. The second kappa shape index (κ2) is 7.92. The van der Waals surface area contributed by atoms with Crippen molar-refractivity contribution in [1.82, 2.24) is 0 Å². The summed E-state index contributed by atoms with van der Waals surface area (Å²) < 4.78 is 11.0. The second-order valence-corrected chi connectivity index (χ2v) is 9.21. The van der Waals surface area contributed by atoms with Crippen molar-refractivity contribution in [2.24, 2.45) is 22.7 Å². The third-order valence-corrected chi connectivity index (χ3v) is 7.36. The molecular weight excluding hydrogens is 312 g/mol. The summed E-state index contributed by atoms with van der Waals surface area (Å²) in [6.07, 6.45) is 6.42. The van der Waals surface area contributed by atoms with Crippen LogP contribution in [0.4, 0.5) is 0 Å². The van der Waals surface area contributed by atoms with E-state index >= 15 is 0 Å². The molecule has 0 aromatic rings. The van der Waals surface area contributed by atoms with Gasteiger partial charge in [-0.15, -0.1) is 0 Å². The maximum Gasteiger partial charge on any atom is 0.158 e. The van der Waals surface area contributed by atoms with Gasteiger partial charge < -0.3 is 9.47 Å². The molecule has 1 saturated carbocycles. The molecule has 2 aliphatic rings. The number of hydrogen-bond acceptors (Lipinski definition) is 3. The molecule has 0 bridgehead atoms. The van der Waals surface area contributed by atoms with E-state index in [-0.39, 0.29) is 16.9 Å². The molecule has 3 heteroatoms. The zero-order valence-electron chi connectivity index (χ0n) is 17.4. The van der Waals surface area contributed by atoms with Crippen LogP contribution in [0.1, 0.15) is 73.1 Å². The molecule has 0 aromatic heterocycles. The normalized spacial score (nSPS) is 33.3. The van der Waals surface area contributed by atoms with Crippen molar-refractivity contribution in [3.05, 3.63) is 11.1 Å². The Morgan fingerprint density at radius 1 is 1.20 bits per heavy atom. The SMILES string of the molecule is COCC[C@@H](C)CCC1=C(C)C(=O)C[C@H]2C(C)(C)[C@@H](OC)CC[C@]12C. The summed E-state index contributed by atoms with van der Waals surface area (Å²) in [6.45, 7) is 12.2. The first-order valence-electron chi connectivity index (χ1n) is 9.93. The van der Waals surface area contributed by atoms with Gasteiger partial charge in [0.05, 0.1) is 6.10 Å². The Labute approximate surface area is 154 Å². The smallest absolute Gasteiger partial charge is 0.158 e. The van der Waals surface area contributed by atoms with E-state index in [1.165, 1.54) is 5.57 Å². The number of methoxy groups -OCH3 is 2. The molecule has 144 valence electrons. The summed E-state index contributed by atoms with van der Waals surface area (Å²) in [6, 6.07) is 0. The van der Waals surface area contributed by atoms with Crippen LogP contribution in [0.15, 0.2) is 11.1 Å². The van der Waals surface area contributed by atoms with Crippen LogP contribution in [-0.4, -0.2) is 32.7 Å². The lowest BCUT2D eigenvalue weighted by atomic mass is 9.48. The minimum Gasteiger partial charge on any atom is -0.385 e. The van der Waals surface area contributed by atoms with Crippen molar-refractivity contribution >= 4 is 5.78 Å². The number of allylic oxidation sites excluding steroid dienone is 2. The predicted octanol–water partition coefficient (Wildman–Crippen LogP) is 5.19. The molecule has 0 spiro atoms. The molecule has 4 atom stereocenters. The third kappa shape index (κ3) is 3.88. The molecule has 0 radical (unpaired) electrons. The van der Waals surface area contributed by atoms with E-state index in [9.17, 15) is 4.79 Å². The molecule has 2 rings (SSSR count). The van der Waals surface area contributed by atoms with Crippen LogP contribution in [-0.2, 0) is 14.3 Å². The molecule has 0 N–H and O–H groups in total. The standard InChI is InChI=1S/C22H38O3/c1-15(11-13-24-6)8-9-17-16(2)18(23)14-19-21(3,4)20(25-7)10-12-22(17,19)5/h15,19-20H,8-14H2,1-7H3/t15-,19-,20-,22+/m0/s1. The van der Waals surface area contributed by atoms with Gasteiger partial charge in [0.2, 0.25) is 0 Å². The van der Waals surface area contributed by atoms with Gasteiger partial charge in [-0.2, -0.15) is 0 Å². The summed E-state index contributed by atoms with van der Waals surface area (Å²) in [4.78, 5) is 12.8. The van der Waals surface area contributed by atoms with Gasteiger partial charge in [0.15, 0.2) is 5.78 Å². The average Bonchev–Trinajstić information content (AvgIpc) is 2.55. The van der Waals surface area contributed by atoms with Crippen molar-refractivity contribution < 1.29 is 14.3 Å². The molecular formula is C22H38O3. The minimum atomic E-state index is 0.0328. The zero-order chi connectivity index (χ0) is 18.8. The first kappa shape index (κ1) is 20.6. The number of Topliss-reactive ketones (excluding diaryl/α,β-unsaturated/α-hetero) is 1. The first-order chi connectivity index (χ1) is 11.7. The van der Waals surface area contributed by atoms with Crippen LogP contribution in [0, 0.1) is 22.7 Å². The van der Waals surface area contributed by atoms with E-state index in [2.05, 4.69) is 34.6 Å². The molecule has 0 heterocycles. The number of ketones is 1. The van der Waals surface area contributed by atoms with Crippen molar-refractivity contribution in [2.45, 2.75) is 79.2 Å². The number of rotatable bonds is 7. The minimum absolute atomic E-state index is 0.0328. The van der Waals surface area contributed by atoms with E-state index in [1.807, 2.05) is 7.11 Å². The molecule has 0 aliphatic heterocycles. The molecule has 3 nitrogen and oxygen atoms in total. The van der Waals surface area contributed by atoms with Gasteiger partial charge in [0.25, 0.3) is 0 Å². The van der Waals surface area contributed by atoms with Crippen LogP contribution in [0.2, 0.25) is 0 Å². The van der Waals surface area contributed by atoms with Gasteiger partial charge in [-0.05, 0) is 67.3 Å². The zero-order valence-corrected chi connectivity index (χ0v) is 17.4. The largest absolute Gasteiger partial charge is 0.385 e. The summed E-state index contributed by atoms with van der Waals surface area (Å²) in [5.41, 5.74) is 2.65. The highest BCUT2D eigenvalue weighted by Gasteiger charge is 2.55. The second-order valence-electron chi connectivity index (χ2n) is 9.21. The van der Waals surface area contributed by atoms with Crippen LogP contribution in [0.3, 0.4) is 0 Å². The maximum atomic E-state index is 12.8. The van der Waals surface area contributed by atoms with Gasteiger partial charge in [0.1, 0.15) is 0 Å². The van der Waals surface area contributed by atoms with Gasteiger partial charge >= 0.3 is 0 Å². The number of carbonyl (C=O) groups is 1. The lowest BCUT2D eigenvalue weighted by Gasteiger charge is -2.57. The van der Waals surface area contributed by atoms with Gasteiger partial charge in [-0.1, -0.05) is 33.3 Å². The third-order valence-electron chi connectivity index (χ3n) is 7.36. The van der Waals surface area contributed by atoms with E-state index in [0.717, 1.165) is 44.3 Å². The molecule has 0 saturated heterocycles. The van der Waals surface area contributed by atoms with Crippen molar-refractivity contribution in [2.75, 3.05) is 20.8 Å². The molecule has 25 heavy (non-hydrogen) atoms. The fourth-order valence-electron chi connectivity index (χ4n) is 5.56. The van der Waals surface area contributed by atoms with Crippen molar-refractivity contribution in [3.63, 3.8) is 0 Å². The molecule has 0 amide bonds. The summed E-state index contributed by atoms with van der Waals surface area (Å²) in [7, 11) is 3.58. The molecule has 2 aliphatic carbocycles. The Bertz CT molecular complexity index is 519. The molecule has 0 unspecified atom stereocenters. The van der Waals surface area contributed by atoms with Crippen LogP contribution < -0.4 is 0 Å². The van der Waals surface area contributed by atoms with E-state index in [4.69, 9.17) is 9.47 Å². The average molecular weight is 351 g/mol. The highest BCUT2D eigenvalue weighted by molar-refractivity contribution is 5.97. The fourth-order valence-corrected chi connectivity index (χ4v) is 5.56. The predicted molar refractivity (Wildman–Crippen MR) is 103 cm³/mol. The number of hydrogen-bond donors (Lipinski definition) is 0. The topological polar surface area (TPSA) is 35.5 Å². The van der Waals surface area contributed by atoms with Crippen LogP contribution in [0.5, 0.6) is 0 Å². The fraction of sp³-hybridized carbons (Fsp3) is 0.864. The Morgan fingerprint density at radius 3 is 2.48 bits per heavy atom. The molecule has 1 fully saturated rings. The van der Waals surface area contributed by atoms with Gasteiger partial charge in [0, 0.05) is 27.2 Å². The number of ether oxygens (including phenoxy) is 2. The van der Waals surface area contributed by atoms with Gasteiger partial charge in [-0.3, -0.25) is 4.79 Å². The summed E-state index contributed by atoms with van der Waals surface area (Å²) in [5, 5.41) is 0. The van der Waals surface area contributed by atoms with Crippen molar-refractivity contribution in [1.29, 1.82) is 0 Å². The lowest BCUT2D eigenvalue weighted by molar-refractivity contribution is -0.133. The van der Waals surface area contributed by atoms with Crippen LogP contribution >= 0.6 is 0 Å². The quantitative estimate of drug-likeness (QED) is 0.634. The molecule has 0 aromatic carbocycles. The highest BCUT2D eigenvalue weighted by Crippen LogP contribution is 2.60. The number of fused-ring (bicyclic) bond motifs is 1. The lowest BCUT2D eigenvalue weighted by Crippen LogP contribution is -2.53. The number of carbonyl (C=O) groups excluding carboxylic acids is 1. The van der Waals surface area contributed by atoms with Crippen LogP contribution in [0.25, 0.3) is 0 Å². The van der Waals surface area contributed by atoms with E-state index < -0.39 is 0 Å². The Balaban J connectivity index is 2.25.